The van der Waals surface area contributed by atoms with E-state index in [0.29, 0.717) is 0 Å². The Labute approximate surface area is 55.8 Å². The van der Waals surface area contributed by atoms with Gasteiger partial charge in [-0.15, -0.1) is 13.2 Å². The molecule has 3 nitrogen and oxygen atoms in total. The summed E-state index contributed by atoms with van der Waals surface area (Å²) in [5.74, 6) is 0. The summed E-state index contributed by atoms with van der Waals surface area (Å²) in [6.45, 7) is 8.54. The predicted molar refractivity (Wildman–Crippen MR) is 39.5 cm³/mol. The first-order chi connectivity index (χ1) is 4.41. The topological polar surface area (TPSA) is 36.1 Å². The van der Waals surface area contributed by atoms with Crippen LogP contribution in [0.3, 0.4) is 0 Å². The molecule has 0 fully saturated rings. The molecule has 0 radical (unpaired) electrons. The molecule has 0 atom stereocenters. The van der Waals surface area contributed by atoms with Crippen LogP contribution >= 0.6 is 0 Å². The molecule has 3 N–H and O–H groups in total. The molecule has 0 bridgehead atoms. The van der Waals surface area contributed by atoms with E-state index in [1.165, 1.54) is 0 Å². The number of hydrogen-bond donors (Lipinski definition) is 3. The van der Waals surface area contributed by atoms with Gasteiger partial charge in [0.15, 0.2) is 0 Å². The third-order valence-electron chi connectivity index (χ3n) is 0.670. The van der Waals surface area contributed by atoms with Crippen molar-refractivity contribution in [3.8, 4) is 0 Å². The van der Waals surface area contributed by atoms with Gasteiger partial charge in [-0.2, -0.15) is 5.53 Å². The highest BCUT2D eigenvalue weighted by Gasteiger charge is 1.74. The second-order valence-electron chi connectivity index (χ2n) is 1.46. The van der Waals surface area contributed by atoms with E-state index in [2.05, 4.69) is 29.5 Å². The van der Waals surface area contributed by atoms with Crippen molar-refractivity contribution in [1.82, 2.24) is 16.4 Å². The standard InChI is InChI=1S/C6H13N3/c1-3-5-7-9-8-6-4-2/h3-4,7-9H,1-2,5-6H2. The lowest BCUT2D eigenvalue weighted by atomic mass is 10.6. The van der Waals surface area contributed by atoms with E-state index < -0.39 is 0 Å². The quantitative estimate of drug-likeness (QED) is 0.266. The molecule has 0 aliphatic rings. The molecule has 0 aliphatic carbocycles. The highest BCUT2D eigenvalue weighted by atomic mass is 15.6. The van der Waals surface area contributed by atoms with Crippen LogP contribution in [0.5, 0.6) is 0 Å². The Bertz CT molecular complexity index is 70.4. The molecule has 0 saturated heterocycles. The fourth-order valence-corrected chi connectivity index (χ4v) is 0.309. The summed E-state index contributed by atoms with van der Waals surface area (Å²) in [5, 5.41) is 0. The highest BCUT2D eigenvalue weighted by Crippen LogP contribution is 1.54. The molecule has 0 amide bonds. The van der Waals surface area contributed by atoms with Crippen LogP contribution in [0.1, 0.15) is 0 Å². The van der Waals surface area contributed by atoms with Crippen LogP contribution in [-0.4, -0.2) is 13.1 Å². The first-order valence-electron chi connectivity index (χ1n) is 2.84. The van der Waals surface area contributed by atoms with Gasteiger partial charge in [0, 0.05) is 13.1 Å². The van der Waals surface area contributed by atoms with Gasteiger partial charge >= 0.3 is 0 Å². The SMILES string of the molecule is C=CCNNNCC=C. The van der Waals surface area contributed by atoms with E-state index in [9.17, 15) is 0 Å². The van der Waals surface area contributed by atoms with Crippen molar-refractivity contribution < 1.29 is 0 Å². The van der Waals surface area contributed by atoms with Crippen LogP contribution in [-0.2, 0) is 0 Å². The van der Waals surface area contributed by atoms with Crippen molar-refractivity contribution in [2.75, 3.05) is 13.1 Å². The Balaban J connectivity index is 2.74. The number of hydrazine groups is 2. The van der Waals surface area contributed by atoms with E-state index >= 15 is 0 Å². The van der Waals surface area contributed by atoms with Gasteiger partial charge in [0.05, 0.1) is 0 Å². The minimum absolute atomic E-state index is 0.740. The van der Waals surface area contributed by atoms with E-state index in [1.807, 2.05) is 0 Å². The molecule has 52 valence electrons. The third kappa shape index (κ3) is 7.36. The monoisotopic (exact) mass is 127 g/mol. The van der Waals surface area contributed by atoms with E-state index in [0.717, 1.165) is 13.1 Å². The fourth-order valence-electron chi connectivity index (χ4n) is 0.309. The van der Waals surface area contributed by atoms with Crippen molar-refractivity contribution in [3.63, 3.8) is 0 Å². The summed E-state index contributed by atoms with van der Waals surface area (Å²) in [4.78, 5) is 0. The maximum absolute atomic E-state index is 3.53. The molecule has 0 aromatic rings. The van der Waals surface area contributed by atoms with Gasteiger partial charge in [-0.1, -0.05) is 12.2 Å². The lowest BCUT2D eigenvalue weighted by Gasteiger charge is -2.02. The zero-order valence-corrected chi connectivity index (χ0v) is 5.48. The van der Waals surface area contributed by atoms with Crippen molar-refractivity contribution in [1.29, 1.82) is 0 Å². The van der Waals surface area contributed by atoms with Gasteiger partial charge in [0.25, 0.3) is 0 Å². The van der Waals surface area contributed by atoms with Gasteiger partial charge in [-0.05, 0) is 0 Å². The molecule has 0 saturated carbocycles. The van der Waals surface area contributed by atoms with E-state index in [1.54, 1.807) is 12.2 Å². The Morgan fingerprint density at radius 3 is 1.78 bits per heavy atom. The average Bonchev–Trinajstić information content (AvgIpc) is 1.89. The zero-order valence-electron chi connectivity index (χ0n) is 5.48. The number of hydrogen-bond acceptors (Lipinski definition) is 3. The minimum atomic E-state index is 0.740. The average molecular weight is 127 g/mol. The molecule has 0 aromatic carbocycles. The first-order valence-corrected chi connectivity index (χ1v) is 2.84. The Hall–Kier alpha value is -0.640. The predicted octanol–water partition coefficient (Wildman–Crippen LogP) is -0.0428. The molecular formula is C6H13N3. The third-order valence-corrected chi connectivity index (χ3v) is 0.670. The smallest absolute Gasteiger partial charge is 0.0291 e. The van der Waals surface area contributed by atoms with Crippen LogP contribution in [0, 0.1) is 0 Å². The van der Waals surface area contributed by atoms with Crippen molar-refractivity contribution >= 4 is 0 Å². The normalized spacial score (nSPS) is 8.89. The van der Waals surface area contributed by atoms with Crippen LogP contribution in [0.25, 0.3) is 0 Å². The minimum Gasteiger partial charge on any atom is -0.240 e. The first kappa shape index (κ1) is 8.36. The Morgan fingerprint density at radius 2 is 1.44 bits per heavy atom. The molecular weight excluding hydrogens is 114 g/mol. The lowest BCUT2D eigenvalue weighted by molar-refractivity contribution is 0.477. The van der Waals surface area contributed by atoms with Gasteiger partial charge in [0.1, 0.15) is 0 Å². The molecule has 0 aromatic heterocycles. The van der Waals surface area contributed by atoms with Crippen molar-refractivity contribution in [2.24, 2.45) is 0 Å². The van der Waals surface area contributed by atoms with Crippen molar-refractivity contribution in [3.05, 3.63) is 25.3 Å². The number of rotatable bonds is 6. The second kappa shape index (κ2) is 7.36. The van der Waals surface area contributed by atoms with Crippen LogP contribution in [0.15, 0.2) is 25.3 Å². The molecule has 3 heteroatoms. The molecule has 0 aliphatic heterocycles. The van der Waals surface area contributed by atoms with Crippen LogP contribution in [0.2, 0.25) is 0 Å². The molecule has 0 spiro atoms. The fraction of sp³-hybridized carbons (Fsp3) is 0.333. The maximum atomic E-state index is 3.53. The maximum Gasteiger partial charge on any atom is 0.0291 e. The van der Waals surface area contributed by atoms with Crippen LogP contribution < -0.4 is 16.4 Å². The second-order valence-corrected chi connectivity index (χ2v) is 1.46. The summed E-state index contributed by atoms with van der Waals surface area (Å²) in [6.07, 6.45) is 3.53. The van der Waals surface area contributed by atoms with Crippen LogP contribution in [0.4, 0.5) is 0 Å². The number of nitrogens with one attached hydrogen (secondary N) is 3. The summed E-state index contributed by atoms with van der Waals surface area (Å²) in [7, 11) is 0. The van der Waals surface area contributed by atoms with Gasteiger partial charge in [0.2, 0.25) is 0 Å². The summed E-state index contributed by atoms with van der Waals surface area (Å²) in [6, 6.07) is 0. The largest absolute Gasteiger partial charge is 0.240 e. The molecule has 9 heavy (non-hydrogen) atoms. The molecule has 0 rings (SSSR count). The van der Waals surface area contributed by atoms with Gasteiger partial charge < -0.3 is 0 Å². The Morgan fingerprint density at radius 1 is 1.00 bits per heavy atom. The van der Waals surface area contributed by atoms with E-state index in [4.69, 9.17) is 0 Å². The summed E-state index contributed by atoms with van der Waals surface area (Å²) < 4.78 is 0. The summed E-state index contributed by atoms with van der Waals surface area (Å²) in [5.41, 5.74) is 8.43. The zero-order chi connectivity index (χ0) is 6.95. The van der Waals surface area contributed by atoms with E-state index in [-0.39, 0.29) is 0 Å². The summed E-state index contributed by atoms with van der Waals surface area (Å²) >= 11 is 0. The highest BCUT2D eigenvalue weighted by molar-refractivity contribution is 4.69. The molecule has 0 unspecified atom stereocenters. The van der Waals surface area contributed by atoms with Crippen molar-refractivity contribution in [2.45, 2.75) is 0 Å². The Kier molecular flexibility index (Phi) is 6.84. The lowest BCUT2D eigenvalue weighted by Crippen LogP contribution is -2.43. The van der Waals surface area contributed by atoms with Gasteiger partial charge in [-0.3, -0.25) is 0 Å². The van der Waals surface area contributed by atoms with Gasteiger partial charge in [-0.25, -0.2) is 10.9 Å². The molecule has 0 heterocycles.